The van der Waals surface area contributed by atoms with E-state index in [-0.39, 0.29) is 0 Å². The number of nitrogens with one attached hydrogen (secondary N) is 1. The van der Waals surface area contributed by atoms with Crippen molar-refractivity contribution in [3.8, 4) is 0 Å². The minimum absolute atomic E-state index is 0.366. The highest BCUT2D eigenvalue weighted by molar-refractivity contribution is 6.35. The summed E-state index contributed by atoms with van der Waals surface area (Å²) in [5, 5.41) is 12.0. The van der Waals surface area contributed by atoms with Gasteiger partial charge >= 0.3 is 6.01 Å². The molecule has 0 spiro atoms. The fourth-order valence-corrected chi connectivity index (χ4v) is 2.06. The van der Waals surface area contributed by atoms with Gasteiger partial charge in [0.15, 0.2) is 0 Å². The van der Waals surface area contributed by atoms with Crippen molar-refractivity contribution in [3.63, 3.8) is 0 Å². The largest absolute Gasteiger partial charge is 0.408 e. The Morgan fingerprint density at radius 1 is 1.12 bits per heavy atom. The Balaban J connectivity index is 1.80. The van der Waals surface area contributed by atoms with E-state index in [2.05, 4.69) is 15.5 Å². The number of anilines is 2. The van der Waals surface area contributed by atoms with Crippen LogP contribution in [0.5, 0.6) is 0 Å². The molecule has 88 valence electrons. The van der Waals surface area contributed by atoms with Crippen molar-refractivity contribution < 1.29 is 4.42 Å². The molecule has 1 heterocycles. The quantitative estimate of drug-likeness (QED) is 0.915. The predicted octanol–water partition coefficient (Wildman–Crippen LogP) is 4.00. The van der Waals surface area contributed by atoms with Crippen molar-refractivity contribution in [2.24, 2.45) is 0 Å². The molecule has 1 aliphatic rings. The summed E-state index contributed by atoms with van der Waals surface area (Å²) in [5.41, 5.74) is 0.730. The van der Waals surface area contributed by atoms with Gasteiger partial charge in [-0.05, 0) is 31.0 Å². The van der Waals surface area contributed by atoms with Crippen LogP contribution in [-0.2, 0) is 0 Å². The molecular weight excluding hydrogens is 261 g/mol. The second-order valence-corrected chi connectivity index (χ2v) is 4.88. The number of benzene rings is 1. The van der Waals surface area contributed by atoms with Gasteiger partial charge in [0.1, 0.15) is 0 Å². The van der Waals surface area contributed by atoms with Crippen molar-refractivity contribution in [3.05, 3.63) is 34.1 Å². The average Bonchev–Trinajstić information content (AvgIpc) is 2.99. The molecule has 0 unspecified atom stereocenters. The van der Waals surface area contributed by atoms with Gasteiger partial charge in [0.05, 0.1) is 0 Å². The second kappa shape index (κ2) is 4.20. The Bertz CT molecular complexity index is 531. The van der Waals surface area contributed by atoms with Gasteiger partial charge in [-0.2, -0.15) is 0 Å². The molecule has 1 fully saturated rings. The number of nitrogens with zero attached hydrogens (tertiary/aromatic N) is 2. The lowest BCUT2D eigenvalue weighted by Gasteiger charge is -2.02. The normalized spacial score (nSPS) is 14.9. The van der Waals surface area contributed by atoms with Crippen LogP contribution in [0.4, 0.5) is 11.7 Å². The van der Waals surface area contributed by atoms with Crippen LogP contribution in [-0.4, -0.2) is 10.2 Å². The Morgan fingerprint density at radius 2 is 1.82 bits per heavy atom. The maximum Gasteiger partial charge on any atom is 0.320 e. The van der Waals surface area contributed by atoms with E-state index in [1.54, 1.807) is 18.2 Å². The van der Waals surface area contributed by atoms with Gasteiger partial charge in [-0.25, -0.2) is 0 Å². The molecule has 2 aromatic rings. The maximum atomic E-state index is 5.89. The molecule has 1 saturated carbocycles. The first-order valence-electron chi connectivity index (χ1n) is 5.27. The first-order valence-corrected chi connectivity index (χ1v) is 6.03. The molecule has 3 rings (SSSR count). The van der Waals surface area contributed by atoms with E-state index in [0.717, 1.165) is 18.5 Å². The zero-order valence-corrected chi connectivity index (χ0v) is 10.3. The molecule has 0 radical (unpaired) electrons. The van der Waals surface area contributed by atoms with Crippen molar-refractivity contribution in [2.75, 3.05) is 5.32 Å². The van der Waals surface area contributed by atoms with Crippen molar-refractivity contribution in [1.82, 2.24) is 10.2 Å². The molecule has 17 heavy (non-hydrogen) atoms. The highest BCUT2D eigenvalue weighted by Crippen LogP contribution is 2.39. The third-order valence-corrected chi connectivity index (χ3v) is 2.92. The third-order valence-electron chi connectivity index (χ3n) is 2.48. The van der Waals surface area contributed by atoms with Crippen LogP contribution in [0.15, 0.2) is 22.6 Å². The van der Waals surface area contributed by atoms with Gasteiger partial charge in [0.25, 0.3) is 0 Å². The van der Waals surface area contributed by atoms with Gasteiger partial charge in [0.2, 0.25) is 5.89 Å². The van der Waals surface area contributed by atoms with Crippen LogP contribution in [0.1, 0.15) is 24.7 Å². The van der Waals surface area contributed by atoms with Crippen molar-refractivity contribution in [2.45, 2.75) is 18.8 Å². The summed E-state index contributed by atoms with van der Waals surface area (Å²) in [6.07, 6.45) is 2.26. The number of hydrogen-bond acceptors (Lipinski definition) is 4. The van der Waals surface area contributed by atoms with E-state index in [9.17, 15) is 0 Å². The smallest absolute Gasteiger partial charge is 0.320 e. The van der Waals surface area contributed by atoms with Gasteiger partial charge in [0, 0.05) is 21.7 Å². The van der Waals surface area contributed by atoms with Gasteiger partial charge in [-0.3, -0.25) is 0 Å². The molecule has 0 bridgehead atoms. The molecule has 6 heteroatoms. The molecule has 0 saturated heterocycles. The van der Waals surface area contributed by atoms with Crippen LogP contribution in [0.25, 0.3) is 0 Å². The molecule has 1 N–H and O–H groups in total. The number of hydrogen-bond donors (Lipinski definition) is 1. The highest BCUT2D eigenvalue weighted by Gasteiger charge is 2.29. The first-order chi connectivity index (χ1) is 8.20. The van der Waals surface area contributed by atoms with Crippen LogP contribution in [0.2, 0.25) is 10.0 Å². The minimum Gasteiger partial charge on any atom is -0.408 e. The van der Waals surface area contributed by atoms with Crippen LogP contribution < -0.4 is 5.32 Å². The maximum absolute atomic E-state index is 5.89. The number of halogens is 2. The highest BCUT2D eigenvalue weighted by atomic mass is 35.5. The predicted molar refractivity (Wildman–Crippen MR) is 66.0 cm³/mol. The molecule has 1 aliphatic carbocycles. The first kappa shape index (κ1) is 10.9. The summed E-state index contributed by atoms with van der Waals surface area (Å²) in [5.74, 6) is 1.14. The Kier molecular flexibility index (Phi) is 2.68. The second-order valence-electron chi connectivity index (χ2n) is 4.00. The summed E-state index contributed by atoms with van der Waals surface area (Å²) in [7, 11) is 0. The molecule has 4 nitrogen and oxygen atoms in total. The standard InChI is InChI=1S/C11H9Cl2N3O/c12-7-3-8(13)5-9(4-7)14-11-16-15-10(17-11)6-1-2-6/h3-6H,1-2H2,(H,14,16). The molecule has 0 aliphatic heterocycles. The van der Waals surface area contributed by atoms with E-state index in [4.69, 9.17) is 27.6 Å². The monoisotopic (exact) mass is 269 g/mol. The summed E-state index contributed by atoms with van der Waals surface area (Å²) < 4.78 is 5.47. The van der Waals surface area contributed by atoms with E-state index in [0.29, 0.717) is 27.9 Å². The molecule has 1 aromatic heterocycles. The van der Waals surface area contributed by atoms with Crippen LogP contribution in [0.3, 0.4) is 0 Å². The third kappa shape index (κ3) is 2.53. The van der Waals surface area contributed by atoms with E-state index in [1.807, 2.05) is 0 Å². The zero-order valence-electron chi connectivity index (χ0n) is 8.78. The lowest BCUT2D eigenvalue weighted by molar-refractivity contribution is 0.511. The van der Waals surface area contributed by atoms with Crippen molar-refractivity contribution in [1.29, 1.82) is 0 Å². The van der Waals surface area contributed by atoms with Crippen LogP contribution >= 0.6 is 23.2 Å². The van der Waals surface area contributed by atoms with Gasteiger partial charge in [-0.15, -0.1) is 5.10 Å². The van der Waals surface area contributed by atoms with Crippen molar-refractivity contribution >= 4 is 34.9 Å². The molecule has 0 atom stereocenters. The van der Waals surface area contributed by atoms with E-state index < -0.39 is 0 Å². The SMILES string of the molecule is Clc1cc(Cl)cc(Nc2nnc(C3CC3)o2)c1. The Labute approximate surface area is 108 Å². The topological polar surface area (TPSA) is 51.0 Å². The summed E-state index contributed by atoms with van der Waals surface area (Å²) >= 11 is 11.8. The Hall–Kier alpha value is -1.26. The lowest BCUT2D eigenvalue weighted by Crippen LogP contribution is -1.90. The number of aromatic nitrogens is 2. The summed E-state index contributed by atoms with van der Waals surface area (Å²) in [6, 6.07) is 5.52. The van der Waals surface area contributed by atoms with E-state index >= 15 is 0 Å². The Morgan fingerprint density at radius 3 is 2.47 bits per heavy atom. The van der Waals surface area contributed by atoms with Gasteiger partial charge < -0.3 is 9.73 Å². The molecule has 0 amide bonds. The fourth-order valence-electron chi connectivity index (χ4n) is 1.53. The fraction of sp³-hybridized carbons (Fsp3) is 0.273. The average molecular weight is 270 g/mol. The summed E-state index contributed by atoms with van der Waals surface area (Å²) in [4.78, 5) is 0. The summed E-state index contributed by atoms with van der Waals surface area (Å²) in [6.45, 7) is 0. The zero-order chi connectivity index (χ0) is 11.8. The molecular formula is C11H9Cl2N3O. The lowest BCUT2D eigenvalue weighted by atomic mass is 10.3. The van der Waals surface area contributed by atoms with Gasteiger partial charge in [-0.1, -0.05) is 28.3 Å². The minimum atomic E-state index is 0.366. The van der Waals surface area contributed by atoms with E-state index in [1.165, 1.54) is 0 Å². The van der Waals surface area contributed by atoms with Crippen LogP contribution in [0, 0.1) is 0 Å². The number of rotatable bonds is 3. The molecule has 1 aromatic carbocycles.